The maximum Gasteiger partial charge on any atom is 0.416 e. The third kappa shape index (κ3) is 5.80. The number of nitrogens with zero attached hydrogens (tertiary/aromatic N) is 2. The van der Waals surface area contributed by atoms with Crippen molar-refractivity contribution in [2.24, 2.45) is 5.92 Å². The van der Waals surface area contributed by atoms with Crippen LogP contribution in [0.15, 0.2) is 53.1 Å². The zero-order chi connectivity index (χ0) is 24.3. The molecule has 1 saturated heterocycles. The lowest BCUT2D eigenvalue weighted by Gasteiger charge is -2.32. The van der Waals surface area contributed by atoms with Crippen LogP contribution >= 0.6 is 0 Å². The van der Waals surface area contributed by atoms with Crippen molar-refractivity contribution in [1.82, 2.24) is 15.4 Å². The molecule has 0 aliphatic carbocycles. The third-order valence-electron chi connectivity index (χ3n) is 5.89. The number of halogens is 5. The Labute approximate surface area is 192 Å². The quantitative estimate of drug-likeness (QED) is 0.489. The second-order valence-electron chi connectivity index (χ2n) is 8.32. The topological polar surface area (TPSA) is 58.4 Å². The van der Waals surface area contributed by atoms with E-state index in [0.717, 1.165) is 55.8 Å². The summed E-state index contributed by atoms with van der Waals surface area (Å²) in [6.45, 7) is 2.53. The Bertz CT molecular complexity index is 1140. The van der Waals surface area contributed by atoms with Gasteiger partial charge in [-0.05, 0) is 61.7 Å². The highest BCUT2D eigenvalue weighted by atomic mass is 19.4. The van der Waals surface area contributed by atoms with Gasteiger partial charge in [-0.1, -0.05) is 17.3 Å². The van der Waals surface area contributed by atoms with Gasteiger partial charge in [0.2, 0.25) is 0 Å². The van der Waals surface area contributed by atoms with Gasteiger partial charge < -0.3 is 9.84 Å². The summed E-state index contributed by atoms with van der Waals surface area (Å²) < 4.78 is 70.1. The van der Waals surface area contributed by atoms with E-state index in [2.05, 4.69) is 15.4 Å². The standard InChI is InChI=1S/C24H22F5N3O2/c25-18-5-6-19(20(26)11-18)22-12-21(31-34-22)23(33)30-13-15-7-9-32(10-8-15)14-16-1-3-17(4-2-16)24(27,28)29/h1-6,11-12,15H,7-10,13-14H2,(H,30,33). The molecular weight excluding hydrogens is 457 g/mol. The van der Waals surface area contributed by atoms with Gasteiger partial charge in [0, 0.05) is 25.2 Å². The molecule has 34 heavy (non-hydrogen) atoms. The van der Waals surface area contributed by atoms with Gasteiger partial charge >= 0.3 is 6.18 Å². The van der Waals surface area contributed by atoms with Crippen molar-refractivity contribution in [3.05, 3.63) is 77.0 Å². The van der Waals surface area contributed by atoms with Gasteiger partial charge in [-0.25, -0.2) is 8.78 Å². The summed E-state index contributed by atoms with van der Waals surface area (Å²) in [4.78, 5) is 14.6. The number of benzene rings is 2. The van der Waals surface area contributed by atoms with E-state index in [1.807, 2.05) is 0 Å². The van der Waals surface area contributed by atoms with Crippen LogP contribution in [0.2, 0.25) is 0 Å². The Morgan fingerprint density at radius 3 is 2.41 bits per heavy atom. The minimum atomic E-state index is -4.34. The minimum absolute atomic E-state index is 0.00142. The number of rotatable bonds is 6. The molecule has 1 N–H and O–H groups in total. The number of likely N-dealkylation sites (tertiary alicyclic amines) is 1. The maximum atomic E-state index is 13.9. The molecule has 1 aliphatic rings. The highest BCUT2D eigenvalue weighted by Gasteiger charge is 2.30. The number of carbonyl (C=O) groups is 1. The molecule has 3 aromatic rings. The van der Waals surface area contributed by atoms with E-state index in [0.29, 0.717) is 13.1 Å². The van der Waals surface area contributed by atoms with Gasteiger partial charge in [0.25, 0.3) is 5.91 Å². The van der Waals surface area contributed by atoms with Gasteiger partial charge in [0.05, 0.1) is 11.1 Å². The van der Waals surface area contributed by atoms with Crippen LogP contribution in [-0.2, 0) is 12.7 Å². The lowest BCUT2D eigenvalue weighted by molar-refractivity contribution is -0.137. The summed E-state index contributed by atoms with van der Waals surface area (Å²) in [5.41, 5.74) is 0.166. The predicted octanol–water partition coefficient (Wildman–Crippen LogP) is 5.28. The molecule has 0 saturated carbocycles. The summed E-state index contributed by atoms with van der Waals surface area (Å²) in [5, 5.41) is 6.48. The molecule has 2 aromatic carbocycles. The molecule has 5 nitrogen and oxygen atoms in total. The van der Waals surface area contributed by atoms with Crippen molar-refractivity contribution >= 4 is 5.91 Å². The van der Waals surface area contributed by atoms with Crippen molar-refractivity contribution in [2.45, 2.75) is 25.6 Å². The smallest absolute Gasteiger partial charge is 0.355 e. The van der Waals surface area contributed by atoms with E-state index in [1.54, 1.807) is 0 Å². The van der Waals surface area contributed by atoms with Crippen LogP contribution in [-0.4, -0.2) is 35.6 Å². The number of aromatic nitrogens is 1. The average Bonchev–Trinajstić information content (AvgIpc) is 3.28. The van der Waals surface area contributed by atoms with Crippen LogP contribution in [0.5, 0.6) is 0 Å². The number of alkyl halides is 3. The van der Waals surface area contributed by atoms with Crippen LogP contribution in [0.3, 0.4) is 0 Å². The van der Waals surface area contributed by atoms with Crippen LogP contribution in [0, 0.1) is 17.6 Å². The van der Waals surface area contributed by atoms with Crippen LogP contribution in [0.1, 0.15) is 34.5 Å². The Kier molecular flexibility index (Phi) is 6.97. The zero-order valence-electron chi connectivity index (χ0n) is 18.0. The average molecular weight is 479 g/mol. The van der Waals surface area contributed by atoms with Crippen molar-refractivity contribution in [3.63, 3.8) is 0 Å². The first-order chi connectivity index (χ1) is 16.2. The van der Waals surface area contributed by atoms with Gasteiger partial charge in [0.15, 0.2) is 11.5 Å². The molecule has 0 bridgehead atoms. The van der Waals surface area contributed by atoms with Crippen molar-refractivity contribution in [3.8, 4) is 11.3 Å². The van der Waals surface area contributed by atoms with Crippen molar-refractivity contribution in [1.29, 1.82) is 0 Å². The highest BCUT2D eigenvalue weighted by molar-refractivity contribution is 5.93. The molecule has 1 aliphatic heterocycles. The fourth-order valence-corrected chi connectivity index (χ4v) is 3.93. The third-order valence-corrected chi connectivity index (χ3v) is 5.89. The Morgan fingerprint density at radius 1 is 1.06 bits per heavy atom. The minimum Gasteiger partial charge on any atom is -0.355 e. The number of piperidine rings is 1. The van der Waals surface area contributed by atoms with E-state index in [9.17, 15) is 26.7 Å². The van der Waals surface area contributed by atoms with Crippen LogP contribution in [0.4, 0.5) is 22.0 Å². The molecule has 2 heterocycles. The first kappa shape index (κ1) is 23.9. The van der Waals surface area contributed by atoms with Gasteiger partial charge in [-0.15, -0.1) is 0 Å². The van der Waals surface area contributed by atoms with E-state index in [-0.39, 0.29) is 22.9 Å². The summed E-state index contributed by atoms with van der Waals surface area (Å²) in [6, 6.07) is 9.52. The fourth-order valence-electron chi connectivity index (χ4n) is 3.93. The Balaban J connectivity index is 1.23. The summed E-state index contributed by atoms with van der Waals surface area (Å²) in [6.07, 6.45) is -2.69. The molecule has 1 fully saturated rings. The number of nitrogens with one attached hydrogen (secondary N) is 1. The molecule has 1 aromatic heterocycles. The van der Waals surface area contributed by atoms with E-state index in [1.165, 1.54) is 24.3 Å². The molecular formula is C24H22F5N3O2. The largest absolute Gasteiger partial charge is 0.416 e. The van der Waals surface area contributed by atoms with E-state index < -0.39 is 29.3 Å². The Morgan fingerprint density at radius 2 is 1.76 bits per heavy atom. The maximum absolute atomic E-state index is 13.9. The molecule has 0 atom stereocenters. The lowest BCUT2D eigenvalue weighted by Crippen LogP contribution is -2.38. The van der Waals surface area contributed by atoms with E-state index in [4.69, 9.17) is 4.52 Å². The second kappa shape index (κ2) is 9.92. The second-order valence-corrected chi connectivity index (χ2v) is 8.32. The molecule has 0 radical (unpaired) electrons. The Hall–Kier alpha value is -3.27. The first-order valence-electron chi connectivity index (χ1n) is 10.8. The molecule has 180 valence electrons. The van der Waals surface area contributed by atoms with Gasteiger partial charge in [0.1, 0.15) is 11.6 Å². The molecule has 4 rings (SSSR count). The summed E-state index contributed by atoms with van der Waals surface area (Å²) in [7, 11) is 0. The van der Waals surface area contributed by atoms with Crippen molar-refractivity contribution in [2.75, 3.05) is 19.6 Å². The zero-order valence-corrected chi connectivity index (χ0v) is 18.0. The summed E-state index contributed by atoms with van der Waals surface area (Å²) in [5.74, 6) is -1.71. The number of hydrogen-bond acceptors (Lipinski definition) is 4. The monoisotopic (exact) mass is 479 g/mol. The lowest BCUT2D eigenvalue weighted by atomic mass is 9.96. The van der Waals surface area contributed by atoms with E-state index >= 15 is 0 Å². The normalized spacial score (nSPS) is 15.4. The molecule has 0 spiro atoms. The summed E-state index contributed by atoms with van der Waals surface area (Å²) >= 11 is 0. The first-order valence-corrected chi connectivity index (χ1v) is 10.8. The van der Waals surface area contributed by atoms with Crippen LogP contribution < -0.4 is 5.32 Å². The highest BCUT2D eigenvalue weighted by Crippen LogP contribution is 2.29. The SMILES string of the molecule is O=C(NCC1CCN(Cc2ccc(C(F)(F)F)cc2)CC1)c1cc(-c2ccc(F)cc2F)on1. The number of carbonyl (C=O) groups excluding carboxylic acids is 1. The predicted molar refractivity (Wildman–Crippen MR) is 114 cm³/mol. The van der Waals surface area contributed by atoms with Crippen LogP contribution in [0.25, 0.3) is 11.3 Å². The number of hydrogen-bond donors (Lipinski definition) is 1. The molecule has 10 heteroatoms. The fraction of sp³-hybridized carbons (Fsp3) is 0.333. The molecule has 0 unspecified atom stereocenters. The van der Waals surface area contributed by atoms with Gasteiger partial charge in [-0.3, -0.25) is 9.69 Å². The number of amides is 1. The van der Waals surface area contributed by atoms with Crippen molar-refractivity contribution < 1.29 is 31.3 Å². The van der Waals surface area contributed by atoms with Gasteiger partial charge in [-0.2, -0.15) is 13.2 Å². The molecule has 1 amide bonds.